The number of hydrogen-bond acceptors (Lipinski definition) is 13. The Kier molecular flexibility index (Phi) is 11.8. The van der Waals surface area contributed by atoms with Crippen LogP contribution in [0.25, 0.3) is 0 Å². The monoisotopic (exact) mass is 481 g/mol. The van der Waals surface area contributed by atoms with Gasteiger partial charge in [0, 0.05) is 11.4 Å². The van der Waals surface area contributed by atoms with E-state index in [1.165, 1.54) is 26.4 Å². The van der Waals surface area contributed by atoms with Crippen LogP contribution in [0.4, 0.5) is 28.1 Å². The number of nitrogens with one attached hydrogen (secondary N) is 3. The van der Waals surface area contributed by atoms with Crippen LogP contribution in [0.1, 0.15) is 31.1 Å². The smallest absolute Gasteiger partial charge is 0.425 e. The predicted molar refractivity (Wildman–Crippen MR) is 123 cm³/mol. The minimum absolute atomic E-state index is 0.0297. The molecule has 1 heterocycles. The number of carbonyl (C=O) groups is 3. The van der Waals surface area contributed by atoms with Crippen molar-refractivity contribution in [3.05, 3.63) is 23.8 Å². The first-order valence-corrected chi connectivity index (χ1v) is 10.7. The van der Waals surface area contributed by atoms with Gasteiger partial charge in [-0.3, -0.25) is 10.2 Å². The minimum atomic E-state index is -0.767. The highest BCUT2D eigenvalue weighted by Gasteiger charge is 2.14. The number of nitrogens with zero attached hydrogens (tertiary/aromatic N) is 3. The van der Waals surface area contributed by atoms with E-state index in [1.54, 1.807) is 13.0 Å². The van der Waals surface area contributed by atoms with Gasteiger partial charge < -0.3 is 25.3 Å². The number of nitrogens with two attached hydrogens (primary N) is 1. The molecule has 0 aliphatic rings. The molecular formula is C19H27N7O6S. The van der Waals surface area contributed by atoms with Gasteiger partial charge >= 0.3 is 18.0 Å². The van der Waals surface area contributed by atoms with Crippen molar-refractivity contribution in [1.29, 1.82) is 0 Å². The van der Waals surface area contributed by atoms with Crippen molar-refractivity contribution in [3.8, 4) is 0 Å². The molecule has 0 bridgehead atoms. The van der Waals surface area contributed by atoms with Gasteiger partial charge in [0.05, 0.1) is 32.1 Å². The summed E-state index contributed by atoms with van der Waals surface area (Å²) in [5.41, 5.74) is 11.3. The highest BCUT2D eigenvalue weighted by Crippen LogP contribution is 2.23. The van der Waals surface area contributed by atoms with Crippen molar-refractivity contribution < 1.29 is 28.6 Å². The lowest BCUT2D eigenvalue weighted by molar-refractivity contribution is -0.139. The van der Waals surface area contributed by atoms with Crippen molar-refractivity contribution in [3.63, 3.8) is 0 Å². The Balaban J connectivity index is 0.00000265. The Morgan fingerprint density at radius 1 is 1.06 bits per heavy atom. The summed E-state index contributed by atoms with van der Waals surface area (Å²) < 4.78 is 14.1. The Bertz CT molecular complexity index is 960. The average Bonchev–Trinajstić information content (AvgIpc) is 2.83. The molecule has 0 saturated carbocycles. The third-order valence-electron chi connectivity index (χ3n) is 3.42. The number of amides is 1. The molecule has 2 aromatic rings. The molecule has 2 rings (SSSR count). The molecule has 1 amide bonds. The van der Waals surface area contributed by atoms with Crippen LogP contribution in [-0.4, -0.2) is 59.6 Å². The molecule has 13 nitrogen and oxygen atoms in total. The summed E-state index contributed by atoms with van der Waals surface area (Å²) in [5.74, 6) is -1.04. The highest BCUT2D eigenvalue weighted by molar-refractivity contribution is 7.99. The number of carbonyl (C=O) groups excluding carboxylic acids is 3. The van der Waals surface area contributed by atoms with E-state index in [0.29, 0.717) is 5.69 Å². The van der Waals surface area contributed by atoms with E-state index < -0.39 is 18.0 Å². The zero-order valence-corrected chi connectivity index (χ0v) is 19.7. The van der Waals surface area contributed by atoms with E-state index in [-0.39, 0.29) is 40.7 Å². The Morgan fingerprint density at radius 2 is 1.76 bits per heavy atom. The fourth-order valence-corrected chi connectivity index (χ4v) is 2.70. The quantitative estimate of drug-likeness (QED) is 0.135. The van der Waals surface area contributed by atoms with Crippen molar-refractivity contribution >= 4 is 53.1 Å². The summed E-state index contributed by atoms with van der Waals surface area (Å²) in [5, 5.41) is 3.08. The number of methoxy groups -OCH3 is 2. The van der Waals surface area contributed by atoms with Crippen LogP contribution in [0.15, 0.2) is 23.4 Å². The molecule has 14 heteroatoms. The molecule has 0 atom stereocenters. The van der Waals surface area contributed by atoms with Gasteiger partial charge in [-0.15, -0.1) is 0 Å². The third kappa shape index (κ3) is 9.06. The highest BCUT2D eigenvalue weighted by atomic mass is 32.2. The summed E-state index contributed by atoms with van der Waals surface area (Å²) in [7, 11) is 2.44. The normalized spacial score (nSPS) is 9.61. The number of hydrazine groups is 1. The van der Waals surface area contributed by atoms with Crippen LogP contribution in [0.5, 0.6) is 0 Å². The second-order valence-corrected chi connectivity index (χ2v) is 6.46. The predicted octanol–water partition coefficient (Wildman–Crippen LogP) is 2.35. The van der Waals surface area contributed by atoms with E-state index in [0.717, 1.165) is 11.8 Å². The number of benzene rings is 1. The molecule has 0 fully saturated rings. The second-order valence-electron chi connectivity index (χ2n) is 5.52. The molecule has 0 aliphatic carbocycles. The number of aromatic nitrogens is 3. The molecular weight excluding hydrogens is 454 g/mol. The van der Waals surface area contributed by atoms with E-state index in [4.69, 9.17) is 15.2 Å². The van der Waals surface area contributed by atoms with Crippen molar-refractivity contribution in [2.45, 2.75) is 25.9 Å². The molecule has 5 N–H and O–H groups in total. The van der Waals surface area contributed by atoms with Gasteiger partial charge in [0.2, 0.25) is 11.9 Å². The van der Waals surface area contributed by atoms with Crippen LogP contribution in [0.2, 0.25) is 0 Å². The lowest BCUT2D eigenvalue weighted by Gasteiger charge is -2.11. The third-order valence-corrected chi connectivity index (χ3v) is 4.24. The maximum atomic E-state index is 11.8. The SMILES string of the molecule is CC.CCOC(=O)CSc1nc(NNC(=O)OC)nc(Nc2ccc(N)c(C(=O)OC)c2)n1. The molecule has 0 radical (unpaired) electrons. The Hall–Kier alpha value is -3.81. The van der Waals surface area contributed by atoms with Gasteiger partial charge in [-0.2, -0.15) is 15.0 Å². The summed E-state index contributed by atoms with van der Waals surface area (Å²) in [6.07, 6.45) is -0.767. The lowest BCUT2D eigenvalue weighted by Crippen LogP contribution is -2.30. The number of anilines is 4. The summed E-state index contributed by atoms with van der Waals surface area (Å²) in [4.78, 5) is 47.2. The van der Waals surface area contributed by atoms with Crippen LogP contribution in [0, 0.1) is 0 Å². The van der Waals surface area contributed by atoms with Gasteiger partial charge in [0.1, 0.15) is 0 Å². The van der Waals surface area contributed by atoms with Crippen molar-refractivity contribution in [2.24, 2.45) is 0 Å². The van der Waals surface area contributed by atoms with Crippen molar-refractivity contribution in [1.82, 2.24) is 20.4 Å². The summed E-state index contributed by atoms with van der Waals surface area (Å²) in [6.45, 7) is 5.95. The maximum absolute atomic E-state index is 11.8. The topological polar surface area (TPSA) is 180 Å². The molecule has 33 heavy (non-hydrogen) atoms. The van der Waals surface area contributed by atoms with Crippen LogP contribution >= 0.6 is 11.8 Å². The molecule has 0 spiro atoms. The first-order chi connectivity index (χ1) is 15.9. The van der Waals surface area contributed by atoms with E-state index >= 15 is 0 Å². The van der Waals surface area contributed by atoms with Crippen molar-refractivity contribution in [2.75, 3.05) is 43.1 Å². The number of thioether (sulfide) groups is 1. The van der Waals surface area contributed by atoms with Gasteiger partial charge in [-0.1, -0.05) is 25.6 Å². The van der Waals surface area contributed by atoms with Gasteiger partial charge in [-0.25, -0.2) is 15.0 Å². The minimum Gasteiger partial charge on any atom is -0.465 e. The summed E-state index contributed by atoms with van der Waals surface area (Å²) in [6, 6.07) is 4.59. The molecule has 0 aliphatic heterocycles. The maximum Gasteiger partial charge on any atom is 0.425 e. The summed E-state index contributed by atoms with van der Waals surface area (Å²) >= 11 is 1.01. The number of esters is 2. The van der Waals surface area contributed by atoms with E-state index in [2.05, 4.69) is 35.9 Å². The number of rotatable bonds is 9. The van der Waals surface area contributed by atoms with Gasteiger partial charge in [0.15, 0.2) is 5.16 Å². The number of ether oxygens (including phenoxy) is 3. The molecule has 0 unspecified atom stereocenters. The molecule has 180 valence electrons. The van der Waals surface area contributed by atoms with E-state index in [1.807, 2.05) is 13.8 Å². The molecule has 0 saturated heterocycles. The fraction of sp³-hybridized carbons (Fsp3) is 0.368. The van der Waals surface area contributed by atoms with Crippen LogP contribution in [0.3, 0.4) is 0 Å². The average molecular weight is 482 g/mol. The Labute approximate surface area is 195 Å². The largest absolute Gasteiger partial charge is 0.465 e. The standard InChI is InChI=1S/C17H21N7O6S.C2H6/c1-4-30-12(25)8-31-16-21-14(20-15(22-16)23-24-17(27)29-3)19-9-5-6-11(18)10(7-9)13(26)28-2;1-2/h5-7H,4,8,18H2,1-3H3,(H,24,27)(H2,19,20,21,22,23);1-2H3. The number of nitrogen functional groups attached to an aromatic ring is 1. The zero-order chi connectivity index (χ0) is 24.8. The fourth-order valence-electron chi connectivity index (χ4n) is 2.07. The number of hydrogen-bond donors (Lipinski definition) is 4. The molecule has 1 aromatic carbocycles. The van der Waals surface area contributed by atoms with Gasteiger partial charge in [-0.05, 0) is 25.1 Å². The first-order valence-electron chi connectivity index (χ1n) is 9.75. The van der Waals surface area contributed by atoms with Crippen LogP contribution in [-0.2, 0) is 19.0 Å². The lowest BCUT2D eigenvalue weighted by atomic mass is 10.1. The molecule has 1 aromatic heterocycles. The zero-order valence-electron chi connectivity index (χ0n) is 18.9. The second kappa shape index (κ2) is 14.3. The van der Waals surface area contributed by atoms with Crippen LogP contribution < -0.4 is 21.9 Å². The Morgan fingerprint density at radius 3 is 2.39 bits per heavy atom. The van der Waals surface area contributed by atoms with E-state index in [9.17, 15) is 14.4 Å². The first kappa shape index (κ1) is 27.2. The van der Waals surface area contributed by atoms with Gasteiger partial charge in [0.25, 0.3) is 0 Å².